The van der Waals surface area contributed by atoms with Gasteiger partial charge in [-0.1, -0.05) is 0 Å². The van der Waals surface area contributed by atoms with Crippen LogP contribution in [0.25, 0.3) is 6.08 Å². The molecule has 0 aromatic carbocycles. The number of hydrogen-bond donors (Lipinski definition) is 1. The van der Waals surface area contributed by atoms with E-state index in [9.17, 15) is 9.59 Å². The molecule has 1 N–H and O–H groups in total. The lowest BCUT2D eigenvalue weighted by Crippen LogP contribution is -2.61. The van der Waals surface area contributed by atoms with E-state index in [0.29, 0.717) is 5.76 Å². The molecule has 4 saturated carbocycles. The zero-order valence-corrected chi connectivity index (χ0v) is 14.6. The van der Waals surface area contributed by atoms with Crippen molar-refractivity contribution in [1.82, 2.24) is 5.32 Å². The third kappa shape index (κ3) is 3.51. The van der Waals surface area contributed by atoms with Crippen molar-refractivity contribution in [2.24, 2.45) is 17.8 Å². The maximum Gasteiger partial charge on any atom is 0.331 e. The number of amides is 1. The maximum atomic E-state index is 12.6. The van der Waals surface area contributed by atoms with Gasteiger partial charge in [-0.15, -0.1) is 0 Å². The van der Waals surface area contributed by atoms with Crippen LogP contribution in [-0.4, -0.2) is 23.5 Å². The van der Waals surface area contributed by atoms with Gasteiger partial charge < -0.3 is 14.5 Å². The summed E-state index contributed by atoms with van der Waals surface area (Å²) in [6.07, 6.45) is 10.8. The first kappa shape index (κ1) is 16.4. The number of carbonyl (C=O) groups is 2. The lowest BCUT2D eigenvalue weighted by atomic mass is 9.53. The van der Waals surface area contributed by atoms with E-state index >= 15 is 0 Å². The molecule has 0 radical (unpaired) electrons. The van der Waals surface area contributed by atoms with Gasteiger partial charge in [-0.05, 0) is 81.4 Å². The minimum Gasteiger partial charge on any atom is -0.465 e. The van der Waals surface area contributed by atoms with Crippen LogP contribution in [0.2, 0.25) is 0 Å². The molecule has 1 heterocycles. The third-order valence-electron chi connectivity index (χ3n) is 6.02. The molecule has 134 valence electrons. The Hall–Kier alpha value is -2.04. The van der Waals surface area contributed by atoms with Gasteiger partial charge in [-0.3, -0.25) is 4.79 Å². The summed E-state index contributed by atoms with van der Waals surface area (Å²) in [5.41, 5.74) is -0.0590. The monoisotopic (exact) mass is 343 g/mol. The summed E-state index contributed by atoms with van der Waals surface area (Å²) < 4.78 is 10.4. The zero-order valence-electron chi connectivity index (χ0n) is 14.6. The van der Waals surface area contributed by atoms with Crippen molar-refractivity contribution >= 4 is 18.0 Å². The summed E-state index contributed by atoms with van der Waals surface area (Å²) in [4.78, 5) is 24.5. The number of rotatable bonds is 5. The van der Waals surface area contributed by atoms with Crippen LogP contribution >= 0.6 is 0 Å². The van der Waals surface area contributed by atoms with Crippen LogP contribution in [0.4, 0.5) is 0 Å². The summed E-state index contributed by atoms with van der Waals surface area (Å²) in [6, 6.07) is 3.49. The van der Waals surface area contributed by atoms with Gasteiger partial charge in [-0.25, -0.2) is 4.79 Å². The quantitative estimate of drug-likeness (QED) is 0.658. The highest BCUT2D eigenvalue weighted by Gasteiger charge is 2.51. The Balaban J connectivity index is 1.32. The van der Waals surface area contributed by atoms with Gasteiger partial charge in [0.15, 0.2) is 6.10 Å². The molecule has 1 amide bonds. The molecule has 5 rings (SSSR count). The Labute approximate surface area is 147 Å². The minimum absolute atomic E-state index is 0.0590. The number of furan rings is 1. The molecule has 4 fully saturated rings. The molecule has 0 saturated heterocycles. The fraction of sp³-hybridized carbons (Fsp3) is 0.600. The first-order chi connectivity index (χ1) is 12.0. The molecule has 25 heavy (non-hydrogen) atoms. The molecule has 0 aliphatic heterocycles. The topological polar surface area (TPSA) is 68.5 Å². The minimum atomic E-state index is -0.790. The Morgan fingerprint density at radius 1 is 1.24 bits per heavy atom. The first-order valence-corrected chi connectivity index (χ1v) is 9.25. The first-order valence-electron chi connectivity index (χ1n) is 9.25. The van der Waals surface area contributed by atoms with Crippen LogP contribution in [0, 0.1) is 17.8 Å². The van der Waals surface area contributed by atoms with E-state index in [4.69, 9.17) is 9.15 Å². The van der Waals surface area contributed by atoms with E-state index < -0.39 is 12.1 Å². The molecule has 0 unspecified atom stereocenters. The zero-order chi connectivity index (χ0) is 17.4. The van der Waals surface area contributed by atoms with Crippen LogP contribution in [-0.2, 0) is 14.3 Å². The smallest absolute Gasteiger partial charge is 0.331 e. The van der Waals surface area contributed by atoms with E-state index in [0.717, 1.165) is 37.0 Å². The molecule has 1 aromatic heterocycles. The number of carbonyl (C=O) groups excluding carboxylic acids is 2. The van der Waals surface area contributed by atoms with Crippen molar-refractivity contribution in [3.63, 3.8) is 0 Å². The van der Waals surface area contributed by atoms with Crippen molar-refractivity contribution in [3.05, 3.63) is 30.2 Å². The van der Waals surface area contributed by atoms with Crippen molar-refractivity contribution in [2.75, 3.05) is 0 Å². The van der Waals surface area contributed by atoms with Crippen molar-refractivity contribution in [1.29, 1.82) is 0 Å². The van der Waals surface area contributed by atoms with E-state index in [-0.39, 0.29) is 11.4 Å². The van der Waals surface area contributed by atoms with Gasteiger partial charge in [0.1, 0.15) is 5.76 Å². The fourth-order valence-electron chi connectivity index (χ4n) is 5.43. The maximum absolute atomic E-state index is 12.6. The van der Waals surface area contributed by atoms with Gasteiger partial charge in [0.2, 0.25) is 0 Å². The Morgan fingerprint density at radius 2 is 1.88 bits per heavy atom. The predicted molar refractivity (Wildman–Crippen MR) is 92.3 cm³/mol. The molecule has 1 atom stereocenters. The third-order valence-corrected chi connectivity index (χ3v) is 6.02. The number of nitrogens with one attached hydrogen (secondary N) is 1. The summed E-state index contributed by atoms with van der Waals surface area (Å²) in [6.45, 7) is 1.63. The summed E-state index contributed by atoms with van der Waals surface area (Å²) in [5, 5.41) is 3.24. The normalized spacial score (nSPS) is 34.2. The highest BCUT2D eigenvalue weighted by molar-refractivity contribution is 5.90. The average molecular weight is 343 g/mol. The highest BCUT2D eigenvalue weighted by atomic mass is 16.5. The molecular formula is C20H25NO4. The van der Waals surface area contributed by atoms with E-state index in [1.165, 1.54) is 37.7 Å². The molecule has 1 aromatic rings. The van der Waals surface area contributed by atoms with E-state index in [1.807, 2.05) is 0 Å². The number of esters is 1. The van der Waals surface area contributed by atoms with Gasteiger partial charge in [-0.2, -0.15) is 0 Å². The Bertz CT molecular complexity index is 641. The summed E-state index contributed by atoms with van der Waals surface area (Å²) >= 11 is 0. The summed E-state index contributed by atoms with van der Waals surface area (Å²) in [5.74, 6) is 2.15. The van der Waals surface area contributed by atoms with Gasteiger partial charge in [0.05, 0.1) is 6.26 Å². The van der Waals surface area contributed by atoms with Gasteiger partial charge in [0, 0.05) is 11.6 Å². The van der Waals surface area contributed by atoms with Crippen LogP contribution in [0.1, 0.15) is 51.2 Å². The Morgan fingerprint density at radius 3 is 2.44 bits per heavy atom. The predicted octanol–water partition coefficient (Wildman–Crippen LogP) is 3.31. The second-order valence-corrected chi connectivity index (χ2v) is 8.12. The summed E-state index contributed by atoms with van der Waals surface area (Å²) in [7, 11) is 0. The lowest BCUT2D eigenvalue weighted by Gasteiger charge is -2.57. The standard InChI is InChI=1S/C20H25NO4/c1-13(25-18(22)5-4-17-3-2-6-24-17)19(23)21-20-10-14-7-15(11-20)9-16(8-14)12-20/h2-6,13-16H,7-12H2,1H3,(H,21,23)/b5-4+/t13-,14?,15?,16?,20?/m0/s1. The lowest BCUT2D eigenvalue weighted by molar-refractivity contribution is -0.152. The molecular weight excluding hydrogens is 318 g/mol. The van der Waals surface area contributed by atoms with Gasteiger partial charge >= 0.3 is 5.97 Å². The molecule has 5 heteroatoms. The number of hydrogen-bond acceptors (Lipinski definition) is 4. The van der Waals surface area contributed by atoms with Crippen LogP contribution in [0.3, 0.4) is 0 Å². The van der Waals surface area contributed by atoms with Crippen molar-refractivity contribution < 1.29 is 18.7 Å². The molecule has 4 aliphatic carbocycles. The van der Waals surface area contributed by atoms with Crippen LogP contribution in [0.5, 0.6) is 0 Å². The van der Waals surface area contributed by atoms with Crippen molar-refractivity contribution in [3.8, 4) is 0 Å². The number of ether oxygens (including phenoxy) is 1. The largest absolute Gasteiger partial charge is 0.465 e. The second kappa shape index (κ2) is 6.36. The molecule has 4 bridgehead atoms. The van der Waals surface area contributed by atoms with Gasteiger partial charge in [0.25, 0.3) is 5.91 Å². The SMILES string of the molecule is C[C@H](OC(=O)/C=C/c1ccco1)C(=O)NC12CC3CC(CC(C3)C1)C2. The molecule has 4 aliphatic rings. The van der Waals surface area contributed by atoms with Crippen molar-refractivity contribution in [2.45, 2.75) is 57.1 Å². The fourth-order valence-corrected chi connectivity index (χ4v) is 5.43. The van der Waals surface area contributed by atoms with Crippen LogP contribution in [0.15, 0.2) is 28.9 Å². The molecule has 5 nitrogen and oxygen atoms in total. The van der Waals surface area contributed by atoms with Crippen LogP contribution < -0.4 is 5.32 Å². The Kier molecular flexibility index (Phi) is 4.18. The second-order valence-electron chi connectivity index (χ2n) is 8.12. The van der Waals surface area contributed by atoms with E-state index in [2.05, 4.69) is 5.32 Å². The molecule has 0 spiro atoms. The van der Waals surface area contributed by atoms with E-state index in [1.54, 1.807) is 19.1 Å². The highest BCUT2D eigenvalue weighted by Crippen LogP contribution is 2.55. The average Bonchev–Trinajstić information content (AvgIpc) is 3.04.